The lowest BCUT2D eigenvalue weighted by molar-refractivity contribution is -0.385. The third-order valence-corrected chi connectivity index (χ3v) is 1.54. The van der Waals surface area contributed by atoms with Crippen molar-refractivity contribution in [2.45, 2.75) is 19.4 Å². The van der Waals surface area contributed by atoms with Gasteiger partial charge in [-0.1, -0.05) is 0 Å². The highest BCUT2D eigenvalue weighted by Gasteiger charge is 2.07. The first-order valence-electron chi connectivity index (χ1n) is 3.84. The molecule has 0 amide bonds. The summed E-state index contributed by atoms with van der Waals surface area (Å²) in [6, 6.07) is 0. The van der Waals surface area contributed by atoms with Crippen LogP contribution in [-0.4, -0.2) is 21.0 Å². The lowest BCUT2D eigenvalue weighted by Gasteiger charge is -1.95. The zero-order chi connectivity index (χ0) is 9.68. The molecule has 0 fully saturated rings. The first kappa shape index (κ1) is 9.37. The molecule has 1 rings (SSSR count). The van der Waals surface area contributed by atoms with Crippen molar-refractivity contribution in [2.75, 3.05) is 0 Å². The lowest BCUT2D eigenvalue weighted by Crippen LogP contribution is -1.98. The molecule has 0 N–H and O–H groups in total. The fourth-order valence-corrected chi connectivity index (χ4v) is 0.906. The van der Waals surface area contributed by atoms with Crippen LogP contribution < -0.4 is 0 Å². The zero-order valence-corrected chi connectivity index (χ0v) is 6.92. The van der Waals surface area contributed by atoms with Crippen molar-refractivity contribution in [1.29, 1.82) is 0 Å². The fourth-order valence-electron chi connectivity index (χ4n) is 0.906. The fraction of sp³-hybridized carbons (Fsp3) is 0.429. The molecule has 0 saturated carbocycles. The molecule has 0 aliphatic rings. The summed E-state index contributed by atoms with van der Waals surface area (Å²) in [6.07, 6.45) is 4.47. The van der Waals surface area contributed by atoms with Gasteiger partial charge in [-0.15, -0.1) is 0 Å². The van der Waals surface area contributed by atoms with Gasteiger partial charge in [-0.05, 0) is 6.42 Å². The highest BCUT2D eigenvalue weighted by atomic mass is 16.6. The Morgan fingerprint density at radius 3 is 3.00 bits per heavy atom. The summed E-state index contributed by atoms with van der Waals surface area (Å²) in [5, 5.41) is 14.0. The second-order valence-corrected chi connectivity index (χ2v) is 2.53. The molecule has 0 aliphatic heterocycles. The molecule has 1 aromatic rings. The first-order valence-corrected chi connectivity index (χ1v) is 3.84. The number of nitro groups is 1. The van der Waals surface area contributed by atoms with Gasteiger partial charge in [-0.2, -0.15) is 5.10 Å². The van der Waals surface area contributed by atoms with E-state index >= 15 is 0 Å². The van der Waals surface area contributed by atoms with E-state index in [2.05, 4.69) is 5.10 Å². The van der Waals surface area contributed by atoms with Gasteiger partial charge in [0.05, 0.1) is 4.92 Å². The Morgan fingerprint density at radius 1 is 1.69 bits per heavy atom. The number of aldehydes is 1. The minimum Gasteiger partial charge on any atom is -0.303 e. The predicted molar refractivity (Wildman–Crippen MR) is 44.2 cm³/mol. The second-order valence-electron chi connectivity index (χ2n) is 2.53. The van der Waals surface area contributed by atoms with E-state index in [1.54, 1.807) is 0 Å². The number of rotatable bonds is 5. The summed E-state index contributed by atoms with van der Waals surface area (Å²) in [5.41, 5.74) is -0.0221. The Kier molecular flexibility index (Phi) is 3.13. The SMILES string of the molecule is O=CCCCn1cc([N+](=O)[O-])cn1. The Balaban J connectivity index is 2.49. The Hall–Kier alpha value is -1.72. The number of hydrogen-bond donors (Lipinski definition) is 0. The smallest absolute Gasteiger partial charge is 0.303 e. The van der Waals surface area contributed by atoms with Crippen LogP contribution in [0.25, 0.3) is 0 Å². The van der Waals surface area contributed by atoms with Crippen LogP contribution in [0.3, 0.4) is 0 Å². The highest BCUT2D eigenvalue weighted by Crippen LogP contribution is 2.07. The van der Waals surface area contributed by atoms with E-state index in [1.807, 2.05) is 0 Å². The van der Waals surface area contributed by atoms with E-state index in [9.17, 15) is 14.9 Å². The molecule has 0 saturated heterocycles. The zero-order valence-electron chi connectivity index (χ0n) is 6.92. The van der Waals surface area contributed by atoms with Crippen molar-refractivity contribution in [3.05, 3.63) is 22.5 Å². The maximum Gasteiger partial charge on any atom is 0.306 e. The van der Waals surface area contributed by atoms with Gasteiger partial charge in [0.15, 0.2) is 0 Å². The van der Waals surface area contributed by atoms with Crippen LogP contribution in [0.4, 0.5) is 5.69 Å². The Bertz CT molecular complexity index is 308. The van der Waals surface area contributed by atoms with Gasteiger partial charge < -0.3 is 4.79 Å². The van der Waals surface area contributed by atoms with E-state index in [0.717, 1.165) is 6.29 Å². The van der Waals surface area contributed by atoms with Crippen molar-refractivity contribution in [3.63, 3.8) is 0 Å². The molecule has 0 atom stereocenters. The molecular weight excluding hydrogens is 174 g/mol. The summed E-state index contributed by atoms with van der Waals surface area (Å²) in [6.45, 7) is 0.534. The van der Waals surface area contributed by atoms with Crippen molar-refractivity contribution in [2.24, 2.45) is 0 Å². The van der Waals surface area contributed by atoms with Crippen LogP contribution in [-0.2, 0) is 11.3 Å². The molecule has 70 valence electrons. The summed E-state index contributed by atoms with van der Waals surface area (Å²) >= 11 is 0. The minimum absolute atomic E-state index is 0.0221. The van der Waals surface area contributed by atoms with Gasteiger partial charge in [0.2, 0.25) is 0 Å². The molecular formula is C7H9N3O3. The van der Waals surface area contributed by atoms with Crippen molar-refractivity contribution < 1.29 is 9.72 Å². The molecule has 0 spiro atoms. The van der Waals surface area contributed by atoms with Crippen LogP contribution in [0.1, 0.15) is 12.8 Å². The minimum atomic E-state index is -0.497. The van der Waals surface area contributed by atoms with Crippen molar-refractivity contribution in [1.82, 2.24) is 9.78 Å². The van der Waals surface area contributed by atoms with Gasteiger partial charge in [-0.25, -0.2) is 0 Å². The van der Waals surface area contributed by atoms with Gasteiger partial charge >= 0.3 is 5.69 Å². The quantitative estimate of drug-likeness (QED) is 0.292. The van der Waals surface area contributed by atoms with E-state index in [-0.39, 0.29) is 5.69 Å². The average Bonchev–Trinajstić information content (AvgIpc) is 2.53. The standard InChI is InChI=1S/C7H9N3O3/c11-4-2-1-3-9-6-7(5-8-9)10(12)13/h4-6H,1-3H2. The third-order valence-electron chi connectivity index (χ3n) is 1.54. The largest absolute Gasteiger partial charge is 0.306 e. The lowest BCUT2D eigenvalue weighted by atomic mass is 10.3. The summed E-state index contributed by atoms with van der Waals surface area (Å²) < 4.78 is 1.46. The average molecular weight is 183 g/mol. The summed E-state index contributed by atoms with van der Waals surface area (Å²) in [7, 11) is 0. The van der Waals surface area contributed by atoms with Crippen LogP contribution >= 0.6 is 0 Å². The molecule has 1 heterocycles. The number of hydrogen-bond acceptors (Lipinski definition) is 4. The molecule has 0 aliphatic carbocycles. The number of unbranched alkanes of at least 4 members (excludes halogenated alkanes) is 1. The first-order chi connectivity index (χ1) is 6.24. The molecule has 0 bridgehead atoms. The molecule has 0 aromatic carbocycles. The number of aromatic nitrogens is 2. The highest BCUT2D eigenvalue weighted by molar-refractivity contribution is 5.48. The second kappa shape index (κ2) is 4.34. The monoisotopic (exact) mass is 183 g/mol. The van der Waals surface area contributed by atoms with E-state index in [4.69, 9.17) is 0 Å². The van der Waals surface area contributed by atoms with Crippen LogP contribution in [0.2, 0.25) is 0 Å². The van der Waals surface area contributed by atoms with Gasteiger partial charge in [-0.3, -0.25) is 14.8 Å². The summed E-state index contributed by atoms with van der Waals surface area (Å²) in [5.74, 6) is 0. The Labute approximate surface area is 74.3 Å². The number of nitrogens with zero attached hydrogens (tertiary/aromatic N) is 3. The van der Waals surface area contributed by atoms with E-state index in [1.165, 1.54) is 17.1 Å². The predicted octanol–water partition coefficient (Wildman–Crippen LogP) is 0.770. The molecule has 1 aromatic heterocycles. The maximum atomic E-state index is 10.2. The van der Waals surface area contributed by atoms with Gasteiger partial charge in [0, 0.05) is 13.0 Å². The molecule has 6 heteroatoms. The molecule has 13 heavy (non-hydrogen) atoms. The maximum absolute atomic E-state index is 10.2. The number of carbonyl (C=O) groups excluding carboxylic acids is 1. The number of carbonyl (C=O) groups is 1. The van der Waals surface area contributed by atoms with E-state index in [0.29, 0.717) is 19.4 Å². The molecule has 6 nitrogen and oxygen atoms in total. The third kappa shape index (κ3) is 2.66. The van der Waals surface area contributed by atoms with Gasteiger partial charge in [0.25, 0.3) is 0 Å². The Morgan fingerprint density at radius 2 is 2.46 bits per heavy atom. The molecule has 0 radical (unpaired) electrons. The van der Waals surface area contributed by atoms with Crippen LogP contribution in [0.15, 0.2) is 12.4 Å². The normalized spacial score (nSPS) is 9.85. The van der Waals surface area contributed by atoms with Crippen LogP contribution in [0.5, 0.6) is 0 Å². The molecule has 0 unspecified atom stereocenters. The van der Waals surface area contributed by atoms with Gasteiger partial charge in [0.1, 0.15) is 18.7 Å². The number of aryl methyl sites for hydroxylation is 1. The topological polar surface area (TPSA) is 78.0 Å². The van der Waals surface area contributed by atoms with Crippen molar-refractivity contribution in [3.8, 4) is 0 Å². The van der Waals surface area contributed by atoms with Crippen molar-refractivity contribution >= 4 is 12.0 Å². The van der Waals surface area contributed by atoms with Crippen LogP contribution in [0, 0.1) is 10.1 Å². The van der Waals surface area contributed by atoms with E-state index < -0.39 is 4.92 Å². The summed E-state index contributed by atoms with van der Waals surface area (Å²) in [4.78, 5) is 19.7.